The molecule has 0 N–H and O–H groups in total. The maximum Gasteiger partial charge on any atom is 0.346 e. The van der Waals surface area contributed by atoms with E-state index in [9.17, 15) is 4.79 Å². The summed E-state index contributed by atoms with van der Waals surface area (Å²) in [6.07, 6.45) is 3.97. The summed E-state index contributed by atoms with van der Waals surface area (Å²) >= 11 is 0. The molecule has 1 aromatic heterocycles. The molecule has 0 aliphatic carbocycles. The zero-order chi connectivity index (χ0) is 12.8. The van der Waals surface area contributed by atoms with Crippen LogP contribution in [0, 0.1) is 5.41 Å². The van der Waals surface area contributed by atoms with Gasteiger partial charge in [0.05, 0.1) is 0 Å². The van der Waals surface area contributed by atoms with E-state index in [4.69, 9.17) is 0 Å². The zero-order valence-electron chi connectivity index (χ0n) is 10.9. The Kier molecular flexibility index (Phi) is 2.62. The number of amides is 1. The van der Waals surface area contributed by atoms with Crippen molar-refractivity contribution < 1.29 is 4.79 Å². The predicted octanol–water partition coefficient (Wildman–Crippen LogP) is 0.662. The second kappa shape index (κ2) is 4.05. The highest BCUT2D eigenvalue weighted by atomic mass is 16.2. The van der Waals surface area contributed by atoms with E-state index in [1.807, 2.05) is 4.90 Å². The van der Waals surface area contributed by atoms with Crippen LogP contribution >= 0.6 is 0 Å². The summed E-state index contributed by atoms with van der Waals surface area (Å²) < 4.78 is 1.32. The lowest BCUT2D eigenvalue weighted by Crippen LogP contribution is -2.59. The van der Waals surface area contributed by atoms with Crippen molar-refractivity contribution >= 4 is 6.03 Å². The molecule has 2 saturated heterocycles. The third kappa shape index (κ3) is 1.80. The van der Waals surface area contributed by atoms with Crippen molar-refractivity contribution in [2.75, 3.05) is 26.2 Å². The molecule has 3 heterocycles. The Balaban J connectivity index is 1.62. The first-order chi connectivity index (χ1) is 8.60. The van der Waals surface area contributed by atoms with E-state index in [0.29, 0.717) is 11.5 Å². The quantitative estimate of drug-likeness (QED) is 0.734. The minimum Gasteiger partial charge on any atom is -0.322 e. The van der Waals surface area contributed by atoms with Gasteiger partial charge in [-0.25, -0.2) is 9.78 Å². The number of rotatable bonds is 1. The molecule has 0 atom stereocenters. The van der Waals surface area contributed by atoms with Gasteiger partial charge in [0.1, 0.15) is 12.7 Å². The number of carbonyl (C=O) groups excluding carboxylic acids is 1. The van der Waals surface area contributed by atoms with Crippen molar-refractivity contribution in [1.29, 1.82) is 0 Å². The second-order valence-electron chi connectivity index (χ2n) is 5.79. The molecule has 0 radical (unpaired) electrons. The Hall–Kier alpha value is -1.43. The topological polar surface area (TPSA) is 54.3 Å². The van der Waals surface area contributed by atoms with E-state index in [0.717, 1.165) is 32.6 Å². The van der Waals surface area contributed by atoms with Gasteiger partial charge in [0.15, 0.2) is 0 Å². The molecular weight excluding hydrogens is 230 g/mol. The molecule has 0 unspecified atom stereocenters. The van der Waals surface area contributed by atoms with E-state index >= 15 is 0 Å². The standard InChI is InChI=1S/C12H19N5O/c1-10(2)16-6-12(7-16)3-4-15(5-12)11(18)17-9-13-8-14-17/h8-10H,3-7H2,1-2H3. The van der Waals surface area contributed by atoms with Gasteiger partial charge in [0.2, 0.25) is 0 Å². The Morgan fingerprint density at radius 2 is 2.11 bits per heavy atom. The fraction of sp³-hybridized carbons (Fsp3) is 0.750. The number of likely N-dealkylation sites (tertiary alicyclic amines) is 2. The van der Waals surface area contributed by atoms with Crippen LogP contribution in [-0.2, 0) is 0 Å². The van der Waals surface area contributed by atoms with Crippen LogP contribution in [0.25, 0.3) is 0 Å². The van der Waals surface area contributed by atoms with Crippen LogP contribution in [0.5, 0.6) is 0 Å². The molecule has 1 spiro atoms. The largest absolute Gasteiger partial charge is 0.346 e. The van der Waals surface area contributed by atoms with Gasteiger partial charge < -0.3 is 4.90 Å². The Labute approximate surface area is 107 Å². The molecule has 0 bridgehead atoms. The fourth-order valence-electron chi connectivity index (χ4n) is 2.99. The lowest BCUT2D eigenvalue weighted by atomic mass is 9.78. The van der Waals surface area contributed by atoms with Gasteiger partial charge >= 0.3 is 6.03 Å². The molecule has 6 heteroatoms. The van der Waals surface area contributed by atoms with Crippen LogP contribution in [0.2, 0.25) is 0 Å². The van der Waals surface area contributed by atoms with E-state index in [1.54, 1.807) is 0 Å². The maximum absolute atomic E-state index is 12.1. The Morgan fingerprint density at radius 1 is 1.33 bits per heavy atom. The van der Waals surface area contributed by atoms with Crippen molar-refractivity contribution in [3.8, 4) is 0 Å². The van der Waals surface area contributed by atoms with Gasteiger partial charge in [-0.15, -0.1) is 0 Å². The van der Waals surface area contributed by atoms with E-state index in [1.165, 1.54) is 17.3 Å². The SMILES string of the molecule is CC(C)N1CC2(CCN(C(=O)n3cncn3)C2)C1. The van der Waals surface area contributed by atoms with Gasteiger partial charge in [0, 0.05) is 37.6 Å². The number of hydrogen-bond donors (Lipinski definition) is 0. The highest BCUT2D eigenvalue weighted by molar-refractivity contribution is 5.76. The Bertz CT molecular complexity index is 435. The number of aromatic nitrogens is 3. The first-order valence-corrected chi connectivity index (χ1v) is 6.48. The van der Waals surface area contributed by atoms with Crippen LogP contribution in [-0.4, -0.2) is 62.8 Å². The number of carbonyl (C=O) groups is 1. The van der Waals surface area contributed by atoms with Crippen molar-refractivity contribution in [3.63, 3.8) is 0 Å². The third-order valence-electron chi connectivity index (χ3n) is 4.13. The fourth-order valence-corrected chi connectivity index (χ4v) is 2.99. The summed E-state index contributed by atoms with van der Waals surface area (Å²) in [4.78, 5) is 20.3. The van der Waals surface area contributed by atoms with Gasteiger partial charge in [-0.3, -0.25) is 4.90 Å². The molecule has 0 saturated carbocycles. The smallest absolute Gasteiger partial charge is 0.322 e. The average molecular weight is 249 g/mol. The minimum absolute atomic E-state index is 0.0487. The summed E-state index contributed by atoms with van der Waals surface area (Å²) in [5.74, 6) is 0. The van der Waals surface area contributed by atoms with Gasteiger partial charge in [-0.2, -0.15) is 9.78 Å². The molecule has 1 amide bonds. The maximum atomic E-state index is 12.1. The average Bonchev–Trinajstić information content (AvgIpc) is 2.95. The molecule has 2 fully saturated rings. The molecule has 6 nitrogen and oxygen atoms in total. The third-order valence-corrected chi connectivity index (χ3v) is 4.13. The van der Waals surface area contributed by atoms with E-state index < -0.39 is 0 Å². The summed E-state index contributed by atoms with van der Waals surface area (Å²) in [6, 6.07) is 0.558. The van der Waals surface area contributed by atoms with Gasteiger partial charge in [-0.1, -0.05) is 0 Å². The minimum atomic E-state index is -0.0487. The van der Waals surface area contributed by atoms with Crippen LogP contribution in [0.3, 0.4) is 0 Å². The van der Waals surface area contributed by atoms with E-state index in [-0.39, 0.29) is 6.03 Å². The van der Waals surface area contributed by atoms with Crippen molar-refractivity contribution in [3.05, 3.63) is 12.7 Å². The number of nitrogens with zero attached hydrogens (tertiary/aromatic N) is 5. The molecule has 1 aromatic rings. The van der Waals surface area contributed by atoms with Crippen molar-refractivity contribution in [1.82, 2.24) is 24.6 Å². The summed E-state index contributed by atoms with van der Waals surface area (Å²) in [5.41, 5.74) is 0.334. The van der Waals surface area contributed by atoms with Crippen molar-refractivity contribution in [2.45, 2.75) is 26.3 Å². The van der Waals surface area contributed by atoms with Crippen molar-refractivity contribution in [2.24, 2.45) is 5.41 Å². The molecule has 3 rings (SSSR count). The molecule has 2 aliphatic rings. The summed E-state index contributed by atoms with van der Waals surface area (Å²) in [5, 5.41) is 3.90. The molecule has 18 heavy (non-hydrogen) atoms. The lowest BCUT2D eigenvalue weighted by molar-refractivity contribution is -0.0119. The Morgan fingerprint density at radius 3 is 2.72 bits per heavy atom. The molecule has 98 valence electrons. The normalized spacial score (nSPS) is 22.7. The monoisotopic (exact) mass is 249 g/mol. The summed E-state index contributed by atoms with van der Waals surface area (Å²) in [7, 11) is 0. The van der Waals surface area contributed by atoms with Crippen LogP contribution in [0.15, 0.2) is 12.7 Å². The summed E-state index contributed by atoms with van der Waals surface area (Å²) in [6.45, 7) is 8.37. The highest BCUT2D eigenvalue weighted by Crippen LogP contribution is 2.40. The molecular formula is C12H19N5O. The first kappa shape index (κ1) is 11.6. The lowest BCUT2D eigenvalue weighted by Gasteiger charge is -2.50. The zero-order valence-corrected chi connectivity index (χ0v) is 10.9. The van der Waals surface area contributed by atoms with Gasteiger partial charge in [0.25, 0.3) is 0 Å². The molecule has 2 aliphatic heterocycles. The van der Waals surface area contributed by atoms with Crippen LogP contribution in [0.1, 0.15) is 20.3 Å². The predicted molar refractivity (Wildman–Crippen MR) is 66.1 cm³/mol. The van der Waals surface area contributed by atoms with E-state index in [2.05, 4.69) is 28.8 Å². The van der Waals surface area contributed by atoms with Crippen LogP contribution in [0.4, 0.5) is 4.79 Å². The van der Waals surface area contributed by atoms with Crippen LogP contribution < -0.4 is 0 Å². The highest BCUT2D eigenvalue weighted by Gasteiger charge is 2.49. The second-order valence-corrected chi connectivity index (χ2v) is 5.79. The number of hydrogen-bond acceptors (Lipinski definition) is 4. The van der Waals surface area contributed by atoms with Gasteiger partial charge in [-0.05, 0) is 20.3 Å². The first-order valence-electron chi connectivity index (χ1n) is 6.48. The molecule has 0 aromatic carbocycles.